The molecule has 0 saturated carbocycles. The van der Waals surface area contributed by atoms with Crippen LogP contribution >= 0.6 is 7.60 Å². The normalized spacial score (nSPS) is 10.4. The first-order valence-corrected chi connectivity index (χ1v) is 3.27. The Balaban J connectivity index is 3.65. The van der Waals surface area contributed by atoms with Crippen molar-refractivity contribution >= 4 is 7.60 Å². The SMILES string of the molecule is N#CCP(=O)(O)O. The first kappa shape index (κ1) is 6.64. The highest BCUT2D eigenvalue weighted by molar-refractivity contribution is 7.52. The van der Waals surface area contributed by atoms with Gasteiger partial charge in [0.15, 0.2) is 0 Å². The van der Waals surface area contributed by atoms with Crippen LogP contribution in [0.25, 0.3) is 0 Å². The van der Waals surface area contributed by atoms with Crippen molar-refractivity contribution < 1.29 is 14.4 Å². The van der Waals surface area contributed by atoms with Gasteiger partial charge in [-0.25, -0.2) is 0 Å². The molecule has 0 bridgehead atoms. The molecule has 0 aliphatic rings. The van der Waals surface area contributed by atoms with Gasteiger partial charge in [0.05, 0.1) is 6.07 Å². The average molecular weight is 121 g/mol. The Morgan fingerprint density at radius 2 is 2.14 bits per heavy atom. The van der Waals surface area contributed by atoms with Gasteiger partial charge in [0.2, 0.25) is 0 Å². The fraction of sp³-hybridized carbons (Fsp3) is 0.500. The summed E-state index contributed by atoms with van der Waals surface area (Å²) < 4.78 is 9.70. The smallest absolute Gasteiger partial charge is 0.324 e. The second kappa shape index (κ2) is 2.08. The molecule has 0 aromatic carbocycles. The van der Waals surface area contributed by atoms with E-state index in [1.165, 1.54) is 6.07 Å². The average Bonchev–Trinajstić information content (AvgIpc) is 1.30. The fourth-order valence-electron chi connectivity index (χ4n) is 0.0921. The van der Waals surface area contributed by atoms with E-state index in [4.69, 9.17) is 15.0 Å². The number of hydrogen-bond acceptors (Lipinski definition) is 2. The Morgan fingerprint density at radius 1 is 1.71 bits per heavy atom. The van der Waals surface area contributed by atoms with Gasteiger partial charge in [0.25, 0.3) is 0 Å². The third kappa shape index (κ3) is 5.64. The maximum absolute atomic E-state index is 9.70. The summed E-state index contributed by atoms with van der Waals surface area (Å²) in [5, 5.41) is 7.66. The molecule has 0 aliphatic carbocycles. The van der Waals surface area contributed by atoms with E-state index in [0.717, 1.165) is 0 Å². The van der Waals surface area contributed by atoms with Crippen molar-refractivity contribution in [2.75, 3.05) is 6.16 Å². The monoisotopic (exact) mass is 121 g/mol. The maximum Gasteiger partial charge on any atom is 0.339 e. The predicted octanol–water partition coefficient (Wildman–Crippen LogP) is -0.312. The minimum Gasteiger partial charge on any atom is -0.324 e. The van der Waals surface area contributed by atoms with E-state index >= 15 is 0 Å². The van der Waals surface area contributed by atoms with Gasteiger partial charge in [-0.3, -0.25) is 4.57 Å². The predicted molar refractivity (Wildman–Crippen MR) is 22.5 cm³/mol. The Kier molecular flexibility index (Phi) is 1.97. The van der Waals surface area contributed by atoms with Crippen LogP contribution < -0.4 is 0 Å². The van der Waals surface area contributed by atoms with E-state index in [1.807, 2.05) is 0 Å². The van der Waals surface area contributed by atoms with Gasteiger partial charge in [-0.2, -0.15) is 5.26 Å². The first-order chi connectivity index (χ1) is 3.06. The highest BCUT2D eigenvalue weighted by Crippen LogP contribution is 2.32. The zero-order chi connectivity index (χ0) is 5.91. The molecule has 2 N–H and O–H groups in total. The van der Waals surface area contributed by atoms with Crippen LogP contribution in [0.2, 0.25) is 0 Å². The zero-order valence-electron chi connectivity index (χ0n) is 3.40. The van der Waals surface area contributed by atoms with Gasteiger partial charge >= 0.3 is 7.60 Å². The van der Waals surface area contributed by atoms with Crippen molar-refractivity contribution in [3.8, 4) is 6.07 Å². The van der Waals surface area contributed by atoms with Gasteiger partial charge in [-0.1, -0.05) is 0 Å². The first-order valence-electron chi connectivity index (χ1n) is 1.48. The molecule has 0 rings (SSSR count). The summed E-state index contributed by atoms with van der Waals surface area (Å²) in [5.41, 5.74) is 0. The summed E-state index contributed by atoms with van der Waals surface area (Å²) in [7, 11) is -4.03. The quantitative estimate of drug-likeness (QED) is 0.466. The maximum atomic E-state index is 9.70. The van der Waals surface area contributed by atoms with Gasteiger partial charge in [0.1, 0.15) is 6.16 Å². The third-order valence-electron chi connectivity index (χ3n) is 0.277. The van der Waals surface area contributed by atoms with Crippen LogP contribution in [-0.4, -0.2) is 15.9 Å². The van der Waals surface area contributed by atoms with E-state index in [0.29, 0.717) is 0 Å². The summed E-state index contributed by atoms with van der Waals surface area (Å²) in [5.74, 6) is 0. The molecule has 4 nitrogen and oxygen atoms in total. The van der Waals surface area contributed by atoms with Crippen molar-refractivity contribution in [2.24, 2.45) is 0 Å². The molecule has 0 saturated heterocycles. The lowest BCUT2D eigenvalue weighted by Gasteiger charge is -1.90. The highest BCUT2D eigenvalue weighted by atomic mass is 31.2. The van der Waals surface area contributed by atoms with Crippen molar-refractivity contribution in [1.29, 1.82) is 5.26 Å². The minimum absolute atomic E-state index is 0.688. The molecule has 0 fully saturated rings. The molecule has 0 unspecified atom stereocenters. The summed E-state index contributed by atoms with van der Waals surface area (Å²) in [6, 6.07) is 1.34. The molecule has 0 heterocycles. The van der Waals surface area contributed by atoms with E-state index in [2.05, 4.69) is 0 Å². The van der Waals surface area contributed by atoms with Crippen LogP contribution in [0.4, 0.5) is 0 Å². The van der Waals surface area contributed by atoms with Crippen LogP contribution in [0.15, 0.2) is 0 Å². The minimum atomic E-state index is -4.03. The van der Waals surface area contributed by atoms with Crippen molar-refractivity contribution in [3.63, 3.8) is 0 Å². The Hall–Kier alpha value is -0.360. The molecule has 0 aromatic rings. The van der Waals surface area contributed by atoms with E-state index < -0.39 is 13.8 Å². The molecule has 0 aliphatic heterocycles. The second-order valence-electron chi connectivity index (χ2n) is 0.981. The lowest BCUT2D eigenvalue weighted by Crippen LogP contribution is -1.79. The largest absolute Gasteiger partial charge is 0.339 e. The Morgan fingerprint density at radius 3 is 2.14 bits per heavy atom. The molecular formula is C2H4NO3P. The van der Waals surface area contributed by atoms with Crippen LogP contribution in [-0.2, 0) is 4.57 Å². The van der Waals surface area contributed by atoms with Crippen LogP contribution in [0.3, 0.4) is 0 Å². The zero-order valence-corrected chi connectivity index (χ0v) is 4.30. The summed E-state index contributed by atoms with van der Waals surface area (Å²) in [4.78, 5) is 15.8. The number of hydrogen-bond donors (Lipinski definition) is 2. The highest BCUT2D eigenvalue weighted by Gasteiger charge is 2.09. The van der Waals surface area contributed by atoms with Gasteiger partial charge in [-0.05, 0) is 0 Å². The lowest BCUT2D eigenvalue weighted by molar-refractivity contribution is 0.377. The van der Waals surface area contributed by atoms with E-state index in [9.17, 15) is 4.57 Å². The summed E-state index contributed by atoms with van der Waals surface area (Å²) >= 11 is 0. The van der Waals surface area contributed by atoms with E-state index in [1.54, 1.807) is 0 Å². The second-order valence-corrected chi connectivity index (χ2v) is 2.63. The third-order valence-corrected chi connectivity index (χ3v) is 0.830. The fourth-order valence-corrected chi connectivity index (χ4v) is 0.276. The van der Waals surface area contributed by atoms with Crippen molar-refractivity contribution in [2.45, 2.75) is 0 Å². The molecule has 0 atom stereocenters. The Labute approximate surface area is 40.5 Å². The van der Waals surface area contributed by atoms with Crippen LogP contribution in [0.5, 0.6) is 0 Å². The van der Waals surface area contributed by atoms with E-state index in [-0.39, 0.29) is 0 Å². The van der Waals surface area contributed by atoms with Crippen LogP contribution in [0.1, 0.15) is 0 Å². The van der Waals surface area contributed by atoms with Crippen molar-refractivity contribution in [1.82, 2.24) is 0 Å². The number of nitrogens with zero attached hydrogens (tertiary/aromatic N) is 1. The van der Waals surface area contributed by atoms with Crippen LogP contribution in [0, 0.1) is 11.3 Å². The molecule has 5 heteroatoms. The van der Waals surface area contributed by atoms with Gasteiger partial charge in [-0.15, -0.1) is 0 Å². The molecular weight excluding hydrogens is 117 g/mol. The lowest BCUT2D eigenvalue weighted by atomic mass is 10.9. The number of nitriles is 1. The Bertz CT molecular complexity index is 130. The van der Waals surface area contributed by atoms with Gasteiger partial charge in [0, 0.05) is 0 Å². The van der Waals surface area contributed by atoms with Crippen molar-refractivity contribution in [3.05, 3.63) is 0 Å². The molecule has 0 amide bonds. The molecule has 0 aromatic heterocycles. The summed E-state index contributed by atoms with van der Waals surface area (Å²) in [6.07, 6.45) is -0.688. The standard InChI is InChI=1S/C2H4NO3P/c3-1-2-7(4,5)6/h2H2,(H2,4,5,6). The molecule has 0 spiro atoms. The molecule has 7 heavy (non-hydrogen) atoms. The van der Waals surface area contributed by atoms with Gasteiger partial charge < -0.3 is 9.79 Å². The molecule has 40 valence electrons. The summed E-state index contributed by atoms with van der Waals surface area (Å²) in [6.45, 7) is 0. The topological polar surface area (TPSA) is 81.3 Å². The molecule has 0 radical (unpaired) electrons. The number of rotatable bonds is 1.